The minimum Gasteiger partial charge on any atom is -0.493 e. The summed E-state index contributed by atoms with van der Waals surface area (Å²) >= 11 is 0. The van der Waals surface area contributed by atoms with Gasteiger partial charge in [-0.1, -0.05) is 31.0 Å². The van der Waals surface area contributed by atoms with E-state index in [1.54, 1.807) is 0 Å². The average Bonchev–Trinajstić information content (AvgIpc) is 2.72. The van der Waals surface area contributed by atoms with Gasteiger partial charge in [0.1, 0.15) is 11.5 Å². The van der Waals surface area contributed by atoms with Crippen LogP contribution in [0.3, 0.4) is 0 Å². The van der Waals surface area contributed by atoms with Gasteiger partial charge in [0.15, 0.2) is 0 Å². The summed E-state index contributed by atoms with van der Waals surface area (Å²) in [7, 11) is 0. The lowest BCUT2D eigenvalue weighted by molar-refractivity contribution is -0.120. The first-order chi connectivity index (χ1) is 8.36. The van der Waals surface area contributed by atoms with E-state index in [0.29, 0.717) is 5.78 Å². The minimum absolute atomic E-state index is 0.0885. The zero-order chi connectivity index (χ0) is 11.7. The van der Waals surface area contributed by atoms with Crippen molar-refractivity contribution >= 4 is 5.78 Å². The van der Waals surface area contributed by atoms with Gasteiger partial charge in [0.2, 0.25) is 0 Å². The molecule has 0 N–H and O–H groups in total. The Bertz CT molecular complexity index is 437. The molecule has 1 unspecified atom stereocenters. The molecule has 3 rings (SSSR count). The number of ketones is 1. The van der Waals surface area contributed by atoms with Crippen LogP contribution in [-0.4, -0.2) is 12.4 Å². The van der Waals surface area contributed by atoms with Crippen molar-refractivity contribution in [1.82, 2.24) is 0 Å². The molecule has 0 radical (unpaired) electrons. The van der Waals surface area contributed by atoms with Crippen molar-refractivity contribution in [2.45, 2.75) is 44.4 Å². The van der Waals surface area contributed by atoms with E-state index in [1.807, 2.05) is 0 Å². The van der Waals surface area contributed by atoms with Gasteiger partial charge in [0, 0.05) is 24.3 Å². The van der Waals surface area contributed by atoms with Crippen LogP contribution < -0.4 is 4.74 Å². The van der Waals surface area contributed by atoms with Crippen LogP contribution in [0.4, 0.5) is 0 Å². The lowest BCUT2D eigenvalue weighted by atomic mass is 9.89. The highest BCUT2D eigenvalue weighted by molar-refractivity contribution is 5.86. The Kier molecular flexibility index (Phi) is 2.87. The molecule has 1 heterocycles. The largest absolute Gasteiger partial charge is 0.493 e. The molecule has 0 saturated heterocycles. The number of ether oxygens (including phenoxy) is 1. The Balaban J connectivity index is 1.97. The van der Waals surface area contributed by atoms with Gasteiger partial charge in [-0.2, -0.15) is 0 Å². The summed E-state index contributed by atoms with van der Waals surface area (Å²) in [6.45, 7) is 0.771. The van der Waals surface area contributed by atoms with Crippen LogP contribution in [-0.2, 0) is 11.2 Å². The normalized spacial score (nSPS) is 24.0. The molecule has 2 nitrogen and oxygen atoms in total. The Labute approximate surface area is 102 Å². The number of benzene rings is 1. The first-order valence-corrected chi connectivity index (χ1v) is 6.63. The van der Waals surface area contributed by atoms with Crippen LogP contribution in [0.1, 0.15) is 49.1 Å². The van der Waals surface area contributed by atoms with Crippen LogP contribution in [0.5, 0.6) is 5.75 Å². The third-order valence-corrected chi connectivity index (χ3v) is 3.92. The van der Waals surface area contributed by atoms with E-state index >= 15 is 0 Å². The van der Waals surface area contributed by atoms with E-state index in [-0.39, 0.29) is 5.92 Å². The van der Waals surface area contributed by atoms with Crippen molar-refractivity contribution in [2.75, 3.05) is 6.61 Å². The lowest BCUT2D eigenvalue weighted by Crippen LogP contribution is -2.11. The van der Waals surface area contributed by atoms with Gasteiger partial charge in [0.05, 0.1) is 6.61 Å². The summed E-state index contributed by atoms with van der Waals surface area (Å²) in [6, 6.07) is 6.27. The predicted octanol–water partition coefficient (Wildman–Crippen LogP) is 3.24. The number of para-hydroxylation sites is 1. The number of hydrogen-bond donors (Lipinski definition) is 0. The number of hydrogen-bond acceptors (Lipinski definition) is 2. The fraction of sp³-hybridized carbons (Fsp3) is 0.533. The van der Waals surface area contributed by atoms with Crippen LogP contribution in [0.25, 0.3) is 0 Å². The SMILES string of the molecule is O=C1CCCCCC1c1cccc2c1OCC2. The molecular formula is C15H18O2. The van der Waals surface area contributed by atoms with Crippen molar-refractivity contribution in [1.29, 1.82) is 0 Å². The van der Waals surface area contributed by atoms with E-state index < -0.39 is 0 Å². The zero-order valence-electron chi connectivity index (χ0n) is 10.1. The Morgan fingerprint density at radius 3 is 3.00 bits per heavy atom. The molecule has 1 atom stereocenters. The molecule has 0 amide bonds. The third kappa shape index (κ3) is 1.97. The van der Waals surface area contributed by atoms with E-state index in [2.05, 4.69) is 18.2 Å². The number of carbonyl (C=O) groups is 1. The first kappa shape index (κ1) is 10.8. The van der Waals surface area contributed by atoms with Gasteiger partial charge in [-0.05, 0) is 18.4 Å². The van der Waals surface area contributed by atoms with E-state index in [1.165, 1.54) is 18.4 Å². The fourth-order valence-electron chi connectivity index (χ4n) is 3.00. The van der Waals surface area contributed by atoms with Gasteiger partial charge in [-0.25, -0.2) is 0 Å². The average molecular weight is 230 g/mol. The van der Waals surface area contributed by atoms with E-state index in [9.17, 15) is 4.79 Å². The predicted molar refractivity (Wildman–Crippen MR) is 66.5 cm³/mol. The Morgan fingerprint density at radius 1 is 1.12 bits per heavy atom. The van der Waals surface area contributed by atoms with Gasteiger partial charge >= 0.3 is 0 Å². The second kappa shape index (κ2) is 4.52. The minimum atomic E-state index is 0.0885. The molecular weight excluding hydrogens is 212 g/mol. The van der Waals surface area contributed by atoms with Crippen molar-refractivity contribution in [3.8, 4) is 5.75 Å². The molecule has 1 aliphatic heterocycles. The molecule has 90 valence electrons. The van der Waals surface area contributed by atoms with Gasteiger partial charge in [0.25, 0.3) is 0 Å². The second-order valence-corrected chi connectivity index (χ2v) is 5.05. The summed E-state index contributed by atoms with van der Waals surface area (Å²) in [5.74, 6) is 1.50. The summed E-state index contributed by atoms with van der Waals surface area (Å²) < 4.78 is 5.72. The van der Waals surface area contributed by atoms with Crippen molar-refractivity contribution < 1.29 is 9.53 Å². The maximum absolute atomic E-state index is 12.2. The molecule has 17 heavy (non-hydrogen) atoms. The fourth-order valence-corrected chi connectivity index (χ4v) is 3.00. The number of fused-ring (bicyclic) bond motifs is 1. The molecule has 0 spiro atoms. The molecule has 0 aromatic heterocycles. The smallest absolute Gasteiger partial charge is 0.140 e. The molecule has 1 fully saturated rings. The van der Waals surface area contributed by atoms with Crippen LogP contribution in [0.15, 0.2) is 18.2 Å². The monoisotopic (exact) mass is 230 g/mol. The van der Waals surface area contributed by atoms with Crippen LogP contribution >= 0.6 is 0 Å². The van der Waals surface area contributed by atoms with Crippen molar-refractivity contribution in [3.05, 3.63) is 29.3 Å². The summed E-state index contributed by atoms with van der Waals surface area (Å²) in [6.07, 6.45) is 6.15. The molecule has 1 aromatic rings. The molecule has 2 heteroatoms. The van der Waals surface area contributed by atoms with Gasteiger partial charge < -0.3 is 4.74 Å². The number of carbonyl (C=O) groups excluding carboxylic acids is 1. The quantitative estimate of drug-likeness (QED) is 0.692. The van der Waals surface area contributed by atoms with Crippen molar-refractivity contribution in [3.63, 3.8) is 0 Å². The Morgan fingerprint density at radius 2 is 2.06 bits per heavy atom. The summed E-state index contributed by atoms with van der Waals surface area (Å²) in [5.41, 5.74) is 2.42. The first-order valence-electron chi connectivity index (χ1n) is 6.63. The molecule has 1 aromatic carbocycles. The summed E-state index contributed by atoms with van der Waals surface area (Å²) in [5, 5.41) is 0. The zero-order valence-corrected chi connectivity index (χ0v) is 10.1. The molecule has 2 aliphatic rings. The van der Waals surface area contributed by atoms with Gasteiger partial charge in [-0.15, -0.1) is 0 Å². The third-order valence-electron chi connectivity index (χ3n) is 3.92. The second-order valence-electron chi connectivity index (χ2n) is 5.05. The summed E-state index contributed by atoms with van der Waals surface area (Å²) in [4.78, 5) is 12.2. The van der Waals surface area contributed by atoms with Crippen molar-refractivity contribution in [2.24, 2.45) is 0 Å². The van der Waals surface area contributed by atoms with Crippen LogP contribution in [0, 0.1) is 0 Å². The topological polar surface area (TPSA) is 26.3 Å². The molecule has 1 aliphatic carbocycles. The number of rotatable bonds is 1. The lowest BCUT2D eigenvalue weighted by Gasteiger charge is -2.16. The standard InChI is InChI=1S/C15H18O2/c16-14-8-3-1-2-6-12(14)13-7-4-5-11-9-10-17-15(11)13/h4-5,7,12H,1-3,6,8-10H2. The highest BCUT2D eigenvalue weighted by Crippen LogP contribution is 2.38. The maximum atomic E-state index is 12.2. The maximum Gasteiger partial charge on any atom is 0.140 e. The van der Waals surface area contributed by atoms with E-state index in [4.69, 9.17) is 4.74 Å². The van der Waals surface area contributed by atoms with Crippen LogP contribution in [0.2, 0.25) is 0 Å². The van der Waals surface area contributed by atoms with Gasteiger partial charge in [-0.3, -0.25) is 4.79 Å². The van der Waals surface area contributed by atoms with E-state index in [0.717, 1.165) is 43.6 Å². The Hall–Kier alpha value is -1.31. The number of Topliss-reactive ketones (excluding diaryl/α,β-unsaturated/α-hetero) is 1. The highest BCUT2D eigenvalue weighted by Gasteiger charge is 2.27. The molecule has 1 saturated carbocycles. The molecule has 0 bridgehead atoms. The highest BCUT2D eigenvalue weighted by atomic mass is 16.5.